The summed E-state index contributed by atoms with van der Waals surface area (Å²) in [7, 11) is 2.72. The topological polar surface area (TPSA) is 95.5 Å². The molecule has 8 heteroatoms. The van der Waals surface area contributed by atoms with Crippen molar-refractivity contribution < 1.29 is 28.5 Å². The number of esters is 1. The number of rotatable bonds is 7. The predicted molar refractivity (Wildman–Crippen MR) is 98.7 cm³/mol. The lowest BCUT2D eigenvalue weighted by molar-refractivity contribution is 0.0725. The number of para-hydroxylation sites is 1. The highest BCUT2D eigenvalue weighted by Gasteiger charge is 2.16. The third kappa shape index (κ3) is 5.46. The van der Waals surface area contributed by atoms with Crippen molar-refractivity contribution in [3.63, 3.8) is 0 Å². The van der Waals surface area contributed by atoms with E-state index in [0.29, 0.717) is 29.2 Å². The van der Waals surface area contributed by atoms with Crippen LogP contribution >= 0.6 is 0 Å². The number of hydrogen-bond donors (Lipinski definition) is 1. The molecule has 8 nitrogen and oxygen atoms in total. The second-order valence-corrected chi connectivity index (χ2v) is 5.09. The van der Waals surface area contributed by atoms with Gasteiger partial charge in [0.1, 0.15) is 11.3 Å². The molecule has 142 valence electrons. The zero-order chi connectivity index (χ0) is 19.6. The number of nitrogens with zero attached hydrogens (tertiary/aromatic N) is 1. The molecule has 0 fully saturated rings. The number of amides is 1. The Morgan fingerprint density at radius 1 is 1.07 bits per heavy atom. The van der Waals surface area contributed by atoms with Gasteiger partial charge >= 0.3 is 12.1 Å². The van der Waals surface area contributed by atoms with Crippen LogP contribution in [-0.4, -0.2) is 39.1 Å². The average Bonchev–Trinajstić information content (AvgIpc) is 2.69. The highest BCUT2D eigenvalue weighted by molar-refractivity contribution is 5.94. The fourth-order valence-electron chi connectivity index (χ4n) is 2.13. The van der Waals surface area contributed by atoms with Crippen LogP contribution in [0, 0.1) is 0 Å². The smallest absolute Gasteiger partial charge is 0.427 e. The molecule has 1 N–H and O–H groups in total. The molecule has 27 heavy (non-hydrogen) atoms. The molecule has 0 spiro atoms. The van der Waals surface area contributed by atoms with E-state index in [9.17, 15) is 9.59 Å². The molecule has 2 aromatic rings. The van der Waals surface area contributed by atoms with Gasteiger partial charge in [-0.15, -0.1) is 0 Å². The standard InChI is InChI=1S/C19H20N2O6/c1-4-26-17-11-13(12-20-21-19(23)25-3)9-10-16(17)27-18(22)14-7-5-6-8-15(14)24-2/h5-12H,4H2,1-3H3,(H,21,23)/b20-12-. The highest BCUT2D eigenvalue weighted by Crippen LogP contribution is 2.30. The quantitative estimate of drug-likeness (QED) is 0.347. The molecule has 0 saturated carbocycles. The first kappa shape index (κ1) is 19.8. The number of benzene rings is 2. The number of methoxy groups -OCH3 is 2. The third-order valence-electron chi connectivity index (χ3n) is 3.35. The van der Waals surface area contributed by atoms with E-state index in [1.165, 1.54) is 20.4 Å². The second-order valence-electron chi connectivity index (χ2n) is 5.09. The van der Waals surface area contributed by atoms with Gasteiger partial charge in [-0.2, -0.15) is 5.10 Å². The zero-order valence-electron chi connectivity index (χ0n) is 15.2. The molecule has 0 bridgehead atoms. The molecule has 0 saturated heterocycles. The lowest BCUT2D eigenvalue weighted by Gasteiger charge is -2.12. The molecule has 0 aliphatic heterocycles. The largest absolute Gasteiger partial charge is 0.496 e. The Hall–Kier alpha value is -3.55. The Kier molecular flexibility index (Phi) is 7.18. The van der Waals surface area contributed by atoms with Crippen molar-refractivity contribution in [2.45, 2.75) is 6.92 Å². The summed E-state index contributed by atoms with van der Waals surface area (Å²) in [4.78, 5) is 23.5. The van der Waals surface area contributed by atoms with E-state index in [4.69, 9.17) is 14.2 Å². The maximum absolute atomic E-state index is 12.5. The Bertz CT molecular complexity index is 835. The zero-order valence-corrected chi connectivity index (χ0v) is 15.2. The van der Waals surface area contributed by atoms with Crippen LogP contribution in [0.5, 0.6) is 17.2 Å². The molecule has 0 heterocycles. The number of ether oxygens (including phenoxy) is 4. The van der Waals surface area contributed by atoms with Crippen molar-refractivity contribution in [3.05, 3.63) is 53.6 Å². The van der Waals surface area contributed by atoms with E-state index < -0.39 is 12.1 Å². The average molecular weight is 372 g/mol. The minimum Gasteiger partial charge on any atom is -0.496 e. The maximum atomic E-state index is 12.5. The molecule has 0 radical (unpaired) electrons. The fraction of sp³-hybridized carbons (Fsp3) is 0.211. The van der Waals surface area contributed by atoms with Crippen molar-refractivity contribution in [2.24, 2.45) is 5.10 Å². The lowest BCUT2D eigenvalue weighted by atomic mass is 10.2. The van der Waals surface area contributed by atoms with Gasteiger partial charge in [0, 0.05) is 0 Å². The van der Waals surface area contributed by atoms with Crippen molar-refractivity contribution in [1.82, 2.24) is 5.43 Å². The molecule has 0 aromatic heterocycles. The Morgan fingerprint density at radius 2 is 1.85 bits per heavy atom. The molecule has 0 atom stereocenters. The molecule has 2 aromatic carbocycles. The van der Waals surface area contributed by atoms with Crippen LogP contribution < -0.4 is 19.6 Å². The van der Waals surface area contributed by atoms with Crippen LogP contribution in [0.2, 0.25) is 0 Å². The Morgan fingerprint density at radius 3 is 2.56 bits per heavy atom. The maximum Gasteiger partial charge on any atom is 0.427 e. The molecule has 2 rings (SSSR count). The monoisotopic (exact) mass is 372 g/mol. The summed E-state index contributed by atoms with van der Waals surface area (Å²) in [6, 6.07) is 11.6. The van der Waals surface area contributed by atoms with E-state index in [-0.39, 0.29) is 5.75 Å². The van der Waals surface area contributed by atoms with Gasteiger partial charge in [-0.1, -0.05) is 12.1 Å². The van der Waals surface area contributed by atoms with Gasteiger partial charge in [-0.3, -0.25) is 0 Å². The SMILES string of the molecule is CCOc1cc(/C=N\NC(=O)OC)ccc1OC(=O)c1ccccc1OC. The first-order valence-electron chi connectivity index (χ1n) is 8.08. The van der Waals surface area contributed by atoms with Crippen LogP contribution in [0.1, 0.15) is 22.8 Å². The van der Waals surface area contributed by atoms with Crippen LogP contribution in [0.3, 0.4) is 0 Å². The summed E-state index contributed by atoms with van der Waals surface area (Å²) in [6.07, 6.45) is 0.726. The van der Waals surface area contributed by atoms with Crippen molar-refractivity contribution in [2.75, 3.05) is 20.8 Å². The summed E-state index contributed by atoms with van der Waals surface area (Å²) in [5.41, 5.74) is 3.11. The Labute approximate surface area is 156 Å². The van der Waals surface area contributed by atoms with Crippen LogP contribution in [0.25, 0.3) is 0 Å². The van der Waals surface area contributed by atoms with Crippen molar-refractivity contribution in [1.29, 1.82) is 0 Å². The van der Waals surface area contributed by atoms with Crippen molar-refractivity contribution >= 4 is 18.3 Å². The summed E-state index contributed by atoms with van der Waals surface area (Å²) >= 11 is 0. The minimum absolute atomic E-state index is 0.255. The van der Waals surface area contributed by atoms with Gasteiger partial charge in [0.2, 0.25) is 0 Å². The van der Waals surface area contributed by atoms with Gasteiger partial charge < -0.3 is 18.9 Å². The van der Waals surface area contributed by atoms with E-state index in [1.54, 1.807) is 42.5 Å². The first-order valence-corrected chi connectivity index (χ1v) is 8.08. The molecule has 0 aliphatic carbocycles. The minimum atomic E-state index is -0.682. The van der Waals surface area contributed by atoms with E-state index in [0.717, 1.165) is 0 Å². The van der Waals surface area contributed by atoms with E-state index in [2.05, 4.69) is 15.3 Å². The number of carbonyl (C=O) groups excluding carboxylic acids is 2. The lowest BCUT2D eigenvalue weighted by Crippen LogP contribution is -2.16. The van der Waals surface area contributed by atoms with Gasteiger partial charge in [0.25, 0.3) is 0 Å². The fourth-order valence-corrected chi connectivity index (χ4v) is 2.13. The van der Waals surface area contributed by atoms with Gasteiger partial charge in [-0.05, 0) is 42.8 Å². The third-order valence-corrected chi connectivity index (χ3v) is 3.35. The van der Waals surface area contributed by atoms with Crippen LogP contribution in [-0.2, 0) is 4.74 Å². The molecular weight excluding hydrogens is 352 g/mol. The van der Waals surface area contributed by atoms with Crippen LogP contribution in [0.15, 0.2) is 47.6 Å². The molecule has 0 aliphatic rings. The van der Waals surface area contributed by atoms with Crippen LogP contribution in [0.4, 0.5) is 4.79 Å². The Balaban J connectivity index is 2.20. The second kappa shape index (κ2) is 9.81. The van der Waals surface area contributed by atoms with Gasteiger partial charge in [-0.25, -0.2) is 15.0 Å². The number of carbonyl (C=O) groups is 2. The number of hydrogen-bond acceptors (Lipinski definition) is 7. The summed E-state index contributed by atoms with van der Waals surface area (Å²) in [6.45, 7) is 2.19. The summed E-state index contributed by atoms with van der Waals surface area (Å²) < 4.78 is 20.6. The molecule has 1 amide bonds. The van der Waals surface area contributed by atoms with E-state index >= 15 is 0 Å². The molecular formula is C19H20N2O6. The van der Waals surface area contributed by atoms with E-state index in [1.807, 2.05) is 6.92 Å². The predicted octanol–water partition coefficient (Wildman–Crippen LogP) is 3.00. The van der Waals surface area contributed by atoms with Crippen molar-refractivity contribution in [3.8, 4) is 17.2 Å². The summed E-state index contributed by atoms with van der Waals surface area (Å²) in [5.74, 6) is 0.467. The van der Waals surface area contributed by atoms with Gasteiger partial charge in [0.05, 0.1) is 27.0 Å². The first-order chi connectivity index (χ1) is 13.1. The molecule has 0 unspecified atom stereocenters. The van der Waals surface area contributed by atoms with Gasteiger partial charge in [0.15, 0.2) is 11.5 Å². The normalized spacial score (nSPS) is 10.3. The number of nitrogens with one attached hydrogen (secondary N) is 1. The summed E-state index contributed by atoms with van der Waals surface area (Å²) in [5, 5.41) is 3.75. The number of hydrazone groups is 1. The highest BCUT2D eigenvalue weighted by atomic mass is 16.6.